The molecule has 1 aromatic heterocycles. The van der Waals surface area contributed by atoms with E-state index in [1.54, 1.807) is 11.8 Å². The Kier molecular flexibility index (Phi) is 5.53. The van der Waals surface area contributed by atoms with Crippen LogP contribution in [0, 0.1) is 0 Å². The van der Waals surface area contributed by atoms with Crippen molar-refractivity contribution in [2.45, 2.75) is 64.3 Å². The fourth-order valence-corrected chi connectivity index (χ4v) is 2.86. The minimum atomic E-state index is -0.236. The van der Waals surface area contributed by atoms with Crippen LogP contribution in [0.4, 0.5) is 0 Å². The molecule has 1 heterocycles. The van der Waals surface area contributed by atoms with E-state index in [-0.39, 0.29) is 6.10 Å². The average molecular weight is 256 g/mol. The Hall–Kier alpha value is -0.480. The smallest absolute Gasteiger partial charge is 0.168 e. The van der Waals surface area contributed by atoms with Gasteiger partial charge in [0.2, 0.25) is 0 Å². The summed E-state index contributed by atoms with van der Waals surface area (Å²) in [7, 11) is 0. The lowest BCUT2D eigenvalue weighted by molar-refractivity contribution is 0.195. The van der Waals surface area contributed by atoms with Gasteiger partial charge in [-0.05, 0) is 26.2 Å². The number of hydrogen-bond acceptors (Lipinski definition) is 3. The summed E-state index contributed by atoms with van der Waals surface area (Å²) in [6, 6.07) is 0.413. The second-order valence-corrected chi connectivity index (χ2v) is 5.94. The van der Waals surface area contributed by atoms with Gasteiger partial charge in [-0.25, -0.2) is 4.98 Å². The van der Waals surface area contributed by atoms with Crippen molar-refractivity contribution >= 4 is 11.8 Å². The zero-order valence-electron chi connectivity index (χ0n) is 11.5. The molecule has 1 rings (SSSR count). The topological polar surface area (TPSA) is 38.1 Å². The molecule has 1 atom stereocenters. The molecule has 4 heteroatoms. The third-order valence-corrected chi connectivity index (χ3v) is 3.89. The van der Waals surface area contributed by atoms with Gasteiger partial charge in [0.25, 0.3) is 0 Å². The minimum absolute atomic E-state index is 0.236. The van der Waals surface area contributed by atoms with Crippen molar-refractivity contribution < 1.29 is 5.11 Å². The number of rotatable bonds is 6. The van der Waals surface area contributed by atoms with Crippen molar-refractivity contribution in [2.75, 3.05) is 5.75 Å². The van der Waals surface area contributed by atoms with Gasteiger partial charge in [-0.2, -0.15) is 0 Å². The molecule has 0 aliphatic heterocycles. The van der Waals surface area contributed by atoms with Gasteiger partial charge in [-0.15, -0.1) is 0 Å². The molecule has 3 nitrogen and oxygen atoms in total. The molecular weight excluding hydrogens is 232 g/mol. The summed E-state index contributed by atoms with van der Waals surface area (Å²) in [6.45, 7) is 10.7. The molecule has 0 bridgehead atoms. The van der Waals surface area contributed by atoms with Gasteiger partial charge in [0.1, 0.15) is 0 Å². The molecule has 0 amide bonds. The van der Waals surface area contributed by atoms with E-state index in [0.717, 1.165) is 17.3 Å². The van der Waals surface area contributed by atoms with E-state index < -0.39 is 0 Å². The normalized spacial score (nSPS) is 13.6. The quantitative estimate of drug-likeness (QED) is 0.792. The number of nitrogens with zero attached hydrogens (tertiary/aromatic N) is 2. The van der Waals surface area contributed by atoms with Gasteiger partial charge >= 0.3 is 0 Å². The van der Waals surface area contributed by atoms with E-state index in [2.05, 4.69) is 37.2 Å². The molecule has 0 aromatic carbocycles. The van der Waals surface area contributed by atoms with Crippen molar-refractivity contribution in [1.82, 2.24) is 9.55 Å². The van der Waals surface area contributed by atoms with Gasteiger partial charge < -0.3 is 9.67 Å². The lowest BCUT2D eigenvalue weighted by atomic mass is 10.1. The molecule has 0 aliphatic rings. The van der Waals surface area contributed by atoms with Crippen molar-refractivity contribution in [3.63, 3.8) is 0 Å². The summed E-state index contributed by atoms with van der Waals surface area (Å²) in [4.78, 5) is 4.48. The van der Waals surface area contributed by atoms with Crippen LogP contribution in [0.25, 0.3) is 0 Å². The highest BCUT2D eigenvalue weighted by atomic mass is 32.2. The molecule has 1 aromatic rings. The highest BCUT2D eigenvalue weighted by molar-refractivity contribution is 7.99. The maximum atomic E-state index is 9.61. The number of thioether (sulfide) groups is 1. The first-order chi connectivity index (χ1) is 7.97. The monoisotopic (exact) mass is 256 g/mol. The van der Waals surface area contributed by atoms with E-state index in [0.29, 0.717) is 12.0 Å². The zero-order chi connectivity index (χ0) is 13.0. The first-order valence-electron chi connectivity index (χ1n) is 6.35. The van der Waals surface area contributed by atoms with Crippen molar-refractivity contribution in [3.8, 4) is 0 Å². The van der Waals surface area contributed by atoms with E-state index in [1.165, 1.54) is 5.69 Å². The Bertz CT molecular complexity index is 347. The maximum Gasteiger partial charge on any atom is 0.168 e. The Morgan fingerprint density at radius 1 is 1.35 bits per heavy atom. The predicted octanol–water partition coefficient (Wildman–Crippen LogP) is 3.45. The molecule has 0 radical (unpaired) electrons. The molecule has 98 valence electrons. The van der Waals surface area contributed by atoms with E-state index >= 15 is 0 Å². The van der Waals surface area contributed by atoms with Crippen LogP contribution in [0.5, 0.6) is 0 Å². The van der Waals surface area contributed by atoms with Crippen LogP contribution in [0.1, 0.15) is 58.7 Å². The molecule has 0 spiro atoms. The predicted molar refractivity (Wildman–Crippen MR) is 73.7 cm³/mol. The van der Waals surface area contributed by atoms with Crippen LogP contribution in [0.15, 0.2) is 11.4 Å². The Labute approximate surface area is 109 Å². The summed E-state index contributed by atoms with van der Waals surface area (Å²) < 4.78 is 2.28. The Morgan fingerprint density at radius 2 is 2.00 bits per heavy atom. The van der Waals surface area contributed by atoms with Crippen LogP contribution >= 0.6 is 11.8 Å². The van der Waals surface area contributed by atoms with E-state index in [9.17, 15) is 5.11 Å². The fraction of sp³-hybridized carbons (Fsp3) is 0.769. The lowest BCUT2D eigenvalue weighted by Gasteiger charge is -2.17. The largest absolute Gasteiger partial charge is 0.392 e. The number of aromatic nitrogens is 2. The molecule has 0 saturated carbocycles. The summed E-state index contributed by atoms with van der Waals surface area (Å²) >= 11 is 1.65. The summed E-state index contributed by atoms with van der Waals surface area (Å²) in [5.74, 6) is 1.20. The van der Waals surface area contributed by atoms with Gasteiger partial charge in [0.15, 0.2) is 5.16 Å². The second-order valence-electron chi connectivity index (χ2n) is 4.96. The number of hydrogen-bond donors (Lipinski definition) is 1. The number of aliphatic hydroxyl groups is 1. The first kappa shape index (κ1) is 14.6. The zero-order valence-corrected chi connectivity index (χ0v) is 12.3. The van der Waals surface area contributed by atoms with Gasteiger partial charge in [-0.1, -0.05) is 32.5 Å². The van der Waals surface area contributed by atoms with Crippen molar-refractivity contribution in [1.29, 1.82) is 0 Å². The molecule has 1 N–H and O–H groups in total. The Morgan fingerprint density at radius 3 is 2.47 bits per heavy atom. The third-order valence-electron chi connectivity index (χ3n) is 2.78. The van der Waals surface area contributed by atoms with Crippen LogP contribution in [-0.4, -0.2) is 26.5 Å². The average Bonchev–Trinajstić information content (AvgIpc) is 2.69. The van der Waals surface area contributed by atoms with E-state index in [1.807, 2.05) is 13.1 Å². The summed E-state index contributed by atoms with van der Waals surface area (Å²) in [6.07, 6.45) is 2.53. The first-order valence-corrected chi connectivity index (χ1v) is 7.33. The molecule has 17 heavy (non-hydrogen) atoms. The SMILES string of the molecule is CC[C@H](O)CSc1ncc(C(C)C)n1C(C)C. The van der Waals surface area contributed by atoms with Gasteiger partial charge in [0.05, 0.1) is 6.10 Å². The lowest BCUT2D eigenvalue weighted by Crippen LogP contribution is -2.11. The summed E-state index contributed by atoms with van der Waals surface area (Å²) in [5, 5.41) is 10.6. The van der Waals surface area contributed by atoms with Crippen LogP contribution < -0.4 is 0 Å². The minimum Gasteiger partial charge on any atom is -0.392 e. The van der Waals surface area contributed by atoms with Crippen molar-refractivity contribution in [3.05, 3.63) is 11.9 Å². The summed E-state index contributed by atoms with van der Waals surface area (Å²) in [5.41, 5.74) is 1.27. The number of aliphatic hydroxyl groups excluding tert-OH is 1. The fourth-order valence-electron chi connectivity index (χ4n) is 1.70. The molecule has 0 unspecified atom stereocenters. The van der Waals surface area contributed by atoms with Crippen molar-refractivity contribution in [2.24, 2.45) is 0 Å². The van der Waals surface area contributed by atoms with Gasteiger partial charge in [0, 0.05) is 23.7 Å². The van der Waals surface area contributed by atoms with Crippen LogP contribution in [0.3, 0.4) is 0 Å². The molecule has 0 saturated heterocycles. The second kappa shape index (κ2) is 6.45. The van der Waals surface area contributed by atoms with E-state index in [4.69, 9.17) is 0 Å². The molecule has 0 fully saturated rings. The third kappa shape index (κ3) is 3.75. The molecule has 0 aliphatic carbocycles. The van der Waals surface area contributed by atoms with Crippen LogP contribution in [-0.2, 0) is 0 Å². The number of imidazole rings is 1. The molecular formula is C13H24N2OS. The van der Waals surface area contributed by atoms with Crippen LogP contribution in [0.2, 0.25) is 0 Å². The van der Waals surface area contributed by atoms with Gasteiger partial charge in [-0.3, -0.25) is 0 Å². The maximum absolute atomic E-state index is 9.61. The Balaban J connectivity index is 2.85. The highest BCUT2D eigenvalue weighted by Crippen LogP contribution is 2.27. The standard InChI is InChI=1S/C13H24N2OS/c1-6-11(16)8-17-13-14-7-12(9(2)3)15(13)10(4)5/h7,9-11,16H,6,8H2,1-5H3/t11-/m0/s1. The highest BCUT2D eigenvalue weighted by Gasteiger charge is 2.16.